The maximum atomic E-state index is 12.4. The van der Waals surface area contributed by atoms with Crippen LogP contribution in [0.15, 0.2) is 24.3 Å². The van der Waals surface area contributed by atoms with Crippen LogP contribution in [-0.2, 0) is 4.79 Å². The van der Waals surface area contributed by atoms with Gasteiger partial charge in [0.15, 0.2) is 0 Å². The summed E-state index contributed by atoms with van der Waals surface area (Å²) in [6.45, 7) is 11.3. The SMILES string of the molecule is CCN(CC)CCNC(=O)C(NC(=O)c1ccc(Cl)cc1)C(C)C. The predicted molar refractivity (Wildman–Crippen MR) is 98.3 cm³/mol. The molecule has 6 heteroatoms. The van der Waals surface area contributed by atoms with E-state index in [1.807, 2.05) is 13.8 Å². The molecule has 2 amide bonds. The number of amides is 2. The summed E-state index contributed by atoms with van der Waals surface area (Å²) in [5.41, 5.74) is 0.487. The van der Waals surface area contributed by atoms with Gasteiger partial charge in [0.2, 0.25) is 5.91 Å². The van der Waals surface area contributed by atoms with Crippen LogP contribution in [0.1, 0.15) is 38.1 Å². The van der Waals surface area contributed by atoms with E-state index in [2.05, 4.69) is 29.4 Å². The van der Waals surface area contributed by atoms with Gasteiger partial charge in [-0.05, 0) is 43.3 Å². The first kappa shape index (κ1) is 20.5. The Kier molecular flexibility index (Phi) is 8.79. The Hall–Kier alpha value is -1.59. The molecule has 0 spiro atoms. The molecule has 24 heavy (non-hydrogen) atoms. The first-order valence-electron chi connectivity index (χ1n) is 8.45. The highest BCUT2D eigenvalue weighted by atomic mass is 35.5. The van der Waals surface area contributed by atoms with Crippen molar-refractivity contribution in [2.75, 3.05) is 26.2 Å². The van der Waals surface area contributed by atoms with Gasteiger partial charge in [0, 0.05) is 23.7 Å². The molecule has 1 aromatic rings. The number of hydrogen-bond donors (Lipinski definition) is 2. The van der Waals surface area contributed by atoms with E-state index in [9.17, 15) is 9.59 Å². The summed E-state index contributed by atoms with van der Waals surface area (Å²) in [7, 11) is 0. The Balaban J connectivity index is 2.60. The topological polar surface area (TPSA) is 61.4 Å². The number of nitrogens with one attached hydrogen (secondary N) is 2. The Bertz CT molecular complexity index is 528. The second-order valence-electron chi connectivity index (χ2n) is 6.02. The predicted octanol–water partition coefficient (Wildman–Crippen LogP) is 2.55. The average molecular weight is 354 g/mol. The third-order valence-corrected chi connectivity index (χ3v) is 4.22. The number of carbonyl (C=O) groups excluding carboxylic acids is 2. The van der Waals surface area contributed by atoms with Gasteiger partial charge in [0.25, 0.3) is 5.91 Å². The van der Waals surface area contributed by atoms with E-state index in [1.165, 1.54) is 0 Å². The van der Waals surface area contributed by atoms with Crippen LogP contribution in [0.5, 0.6) is 0 Å². The van der Waals surface area contributed by atoms with E-state index in [1.54, 1.807) is 24.3 Å². The minimum Gasteiger partial charge on any atom is -0.353 e. The highest BCUT2D eigenvalue weighted by Gasteiger charge is 2.24. The zero-order valence-electron chi connectivity index (χ0n) is 14.9. The minimum absolute atomic E-state index is 0.00490. The minimum atomic E-state index is -0.565. The molecule has 0 aliphatic carbocycles. The summed E-state index contributed by atoms with van der Waals surface area (Å²) in [6.07, 6.45) is 0. The van der Waals surface area contributed by atoms with Gasteiger partial charge in [-0.3, -0.25) is 9.59 Å². The van der Waals surface area contributed by atoms with Crippen molar-refractivity contribution in [2.24, 2.45) is 5.92 Å². The lowest BCUT2D eigenvalue weighted by atomic mass is 10.0. The van der Waals surface area contributed by atoms with Crippen molar-refractivity contribution in [3.63, 3.8) is 0 Å². The summed E-state index contributed by atoms with van der Waals surface area (Å²) >= 11 is 5.83. The van der Waals surface area contributed by atoms with E-state index in [4.69, 9.17) is 11.6 Å². The molecule has 0 aliphatic heterocycles. The van der Waals surface area contributed by atoms with E-state index >= 15 is 0 Å². The van der Waals surface area contributed by atoms with Crippen molar-refractivity contribution in [3.8, 4) is 0 Å². The zero-order chi connectivity index (χ0) is 18.1. The lowest BCUT2D eigenvalue weighted by molar-refractivity contribution is -0.124. The zero-order valence-corrected chi connectivity index (χ0v) is 15.7. The van der Waals surface area contributed by atoms with Crippen LogP contribution >= 0.6 is 11.6 Å². The standard InChI is InChI=1S/C18H28ClN3O2/c1-5-22(6-2)12-11-20-18(24)16(13(3)4)21-17(23)14-7-9-15(19)10-8-14/h7-10,13,16H,5-6,11-12H2,1-4H3,(H,20,24)(H,21,23). The van der Waals surface area contributed by atoms with Crippen molar-refractivity contribution < 1.29 is 9.59 Å². The van der Waals surface area contributed by atoms with Crippen LogP contribution in [0.3, 0.4) is 0 Å². The van der Waals surface area contributed by atoms with Gasteiger partial charge in [-0.15, -0.1) is 0 Å². The maximum absolute atomic E-state index is 12.4. The van der Waals surface area contributed by atoms with Gasteiger partial charge in [0.05, 0.1) is 0 Å². The summed E-state index contributed by atoms with van der Waals surface area (Å²) in [6, 6.07) is 6.04. The van der Waals surface area contributed by atoms with Crippen molar-refractivity contribution >= 4 is 23.4 Å². The van der Waals surface area contributed by atoms with Crippen LogP contribution in [0, 0.1) is 5.92 Å². The van der Waals surface area contributed by atoms with E-state index in [0.717, 1.165) is 19.6 Å². The first-order chi connectivity index (χ1) is 11.4. The van der Waals surface area contributed by atoms with E-state index in [0.29, 0.717) is 17.1 Å². The molecule has 1 aromatic carbocycles. The molecule has 134 valence electrons. The number of halogens is 1. The molecule has 0 aromatic heterocycles. The Labute approximate surface area is 149 Å². The number of nitrogens with zero attached hydrogens (tertiary/aromatic N) is 1. The molecule has 0 saturated heterocycles. The van der Waals surface area contributed by atoms with Gasteiger partial charge in [-0.25, -0.2) is 0 Å². The third kappa shape index (κ3) is 6.49. The molecule has 0 saturated carbocycles. The number of rotatable bonds is 9. The summed E-state index contributed by atoms with van der Waals surface area (Å²) < 4.78 is 0. The third-order valence-electron chi connectivity index (χ3n) is 3.96. The van der Waals surface area contributed by atoms with E-state index in [-0.39, 0.29) is 17.7 Å². The van der Waals surface area contributed by atoms with Crippen molar-refractivity contribution in [1.29, 1.82) is 0 Å². The highest BCUT2D eigenvalue weighted by molar-refractivity contribution is 6.30. The second-order valence-corrected chi connectivity index (χ2v) is 6.46. The fourth-order valence-corrected chi connectivity index (χ4v) is 2.47. The lowest BCUT2D eigenvalue weighted by Gasteiger charge is -2.23. The average Bonchev–Trinajstić information content (AvgIpc) is 2.56. The first-order valence-corrected chi connectivity index (χ1v) is 8.83. The van der Waals surface area contributed by atoms with Crippen molar-refractivity contribution in [2.45, 2.75) is 33.7 Å². The molecule has 0 bridgehead atoms. The molecule has 0 aliphatic rings. The van der Waals surface area contributed by atoms with Crippen LogP contribution in [0.2, 0.25) is 5.02 Å². The monoisotopic (exact) mass is 353 g/mol. The number of carbonyl (C=O) groups is 2. The number of hydrogen-bond acceptors (Lipinski definition) is 3. The van der Waals surface area contributed by atoms with Crippen LogP contribution in [0.25, 0.3) is 0 Å². The molecular weight excluding hydrogens is 326 g/mol. The molecule has 1 atom stereocenters. The summed E-state index contributed by atoms with van der Waals surface area (Å²) in [5.74, 6) is -0.432. The summed E-state index contributed by atoms with van der Waals surface area (Å²) in [5, 5.41) is 6.29. The molecule has 5 nitrogen and oxygen atoms in total. The molecular formula is C18H28ClN3O2. The van der Waals surface area contributed by atoms with Gasteiger partial charge >= 0.3 is 0 Å². The molecule has 0 radical (unpaired) electrons. The second kappa shape index (κ2) is 10.3. The van der Waals surface area contributed by atoms with Crippen molar-refractivity contribution in [1.82, 2.24) is 15.5 Å². The van der Waals surface area contributed by atoms with Crippen LogP contribution in [0.4, 0.5) is 0 Å². The largest absolute Gasteiger partial charge is 0.353 e. The smallest absolute Gasteiger partial charge is 0.251 e. The lowest BCUT2D eigenvalue weighted by Crippen LogP contribution is -2.50. The van der Waals surface area contributed by atoms with E-state index < -0.39 is 6.04 Å². The fourth-order valence-electron chi connectivity index (χ4n) is 2.35. The quantitative estimate of drug-likeness (QED) is 0.717. The number of benzene rings is 1. The maximum Gasteiger partial charge on any atom is 0.251 e. The molecule has 0 fully saturated rings. The molecule has 1 rings (SSSR count). The summed E-state index contributed by atoms with van der Waals surface area (Å²) in [4.78, 5) is 26.9. The van der Waals surface area contributed by atoms with Crippen LogP contribution < -0.4 is 10.6 Å². The van der Waals surface area contributed by atoms with Gasteiger partial charge in [0.1, 0.15) is 6.04 Å². The number of likely N-dealkylation sites (N-methyl/N-ethyl adjacent to an activating group) is 1. The normalized spacial score (nSPS) is 12.3. The Morgan fingerprint density at radius 2 is 1.71 bits per heavy atom. The Morgan fingerprint density at radius 3 is 2.21 bits per heavy atom. The van der Waals surface area contributed by atoms with Crippen LogP contribution in [-0.4, -0.2) is 48.9 Å². The molecule has 1 unspecified atom stereocenters. The fraction of sp³-hybridized carbons (Fsp3) is 0.556. The van der Waals surface area contributed by atoms with Crippen molar-refractivity contribution in [3.05, 3.63) is 34.9 Å². The molecule has 2 N–H and O–H groups in total. The van der Waals surface area contributed by atoms with Gasteiger partial charge < -0.3 is 15.5 Å². The van der Waals surface area contributed by atoms with Gasteiger partial charge in [-0.2, -0.15) is 0 Å². The Morgan fingerprint density at radius 1 is 1.12 bits per heavy atom. The molecule has 0 heterocycles. The highest BCUT2D eigenvalue weighted by Crippen LogP contribution is 2.10. The van der Waals surface area contributed by atoms with Gasteiger partial charge in [-0.1, -0.05) is 39.3 Å².